The number of pyridine rings is 1. The predicted molar refractivity (Wildman–Crippen MR) is 109 cm³/mol. The Hall–Kier alpha value is -3.48. The highest BCUT2D eigenvalue weighted by atomic mass is 19.1. The Bertz CT molecular complexity index is 1150. The molecule has 1 atom stereocenters. The quantitative estimate of drug-likeness (QED) is 0.714. The largest absolute Gasteiger partial charge is 0.326 e. The zero-order chi connectivity index (χ0) is 20.5. The van der Waals surface area contributed by atoms with Crippen LogP contribution >= 0.6 is 0 Å². The van der Waals surface area contributed by atoms with Crippen LogP contribution in [0, 0.1) is 11.7 Å². The van der Waals surface area contributed by atoms with Crippen LogP contribution in [0.5, 0.6) is 0 Å². The molecule has 148 valence electrons. The van der Waals surface area contributed by atoms with E-state index in [0.29, 0.717) is 16.9 Å². The summed E-state index contributed by atoms with van der Waals surface area (Å²) in [5.41, 5.74) is 2.54. The molecule has 1 unspecified atom stereocenters. The van der Waals surface area contributed by atoms with E-state index in [1.54, 1.807) is 18.2 Å². The maximum atomic E-state index is 13.1. The molecule has 0 spiro atoms. The van der Waals surface area contributed by atoms with Crippen LogP contribution in [-0.2, 0) is 16.0 Å². The van der Waals surface area contributed by atoms with Crippen molar-refractivity contribution in [3.63, 3.8) is 0 Å². The number of rotatable bonds is 4. The molecule has 2 heterocycles. The summed E-state index contributed by atoms with van der Waals surface area (Å²) in [6.07, 6.45) is 0.823. The Morgan fingerprint density at radius 3 is 2.66 bits per heavy atom. The Morgan fingerprint density at radius 2 is 1.93 bits per heavy atom. The van der Waals surface area contributed by atoms with Crippen LogP contribution in [0.3, 0.4) is 0 Å². The number of aryl methyl sites for hydroxylation is 1. The van der Waals surface area contributed by atoms with Gasteiger partial charge in [-0.2, -0.15) is 0 Å². The second kappa shape index (κ2) is 7.50. The minimum Gasteiger partial charge on any atom is -0.326 e. The number of carbonyl (C=O) groups is 2. The Kier molecular flexibility index (Phi) is 4.88. The number of H-pyrrole nitrogens is 1. The zero-order valence-corrected chi connectivity index (χ0v) is 15.9. The van der Waals surface area contributed by atoms with Gasteiger partial charge in [0.05, 0.1) is 11.4 Å². The summed E-state index contributed by atoms with van der Waals surface area (Å²) in [6, 6.07) is 12.6. The maximum Gasteiger partial charge on any atom is 0.248 e. The van der Waals surface area contributed by atoms with Crippen molar-refractivity contribution in [2.24, 2.45) is 5.92 Å². The Labute approximate surface area is 166 Å². The number of fused-ring (bicyclic) bond motifs is 1. The number of anilines is 2. The van der Waals surface area contributed by atoms with Crippen molar-refractivity contribution >= 4 is 34.1 Å². The molecule has 3 aromatic rings. The molecule has 1 saturated heterocycles. The molecule has 0 saturated carbocycles. The number of aromatic amines is 1. The number of benzene rings is 2. The molecule has 29 heavy (non-hydrogen) atoms. The number of aromatic nitrogens is 1. The molecular weight excluding hydrogens is 373 g/mol. The van der Waals surface area contributed by atoms with Crippen molar-refractivity contribution in [2.75, 3.05) is 16.8 Å². The molecule has 1 fully saturated rings. The van der Waals surface area contributed by atoms with Gasteiger partial charge in [0.2, 0.25) is 17.4 Å². The second-order valence-corrected chi connectivity index (χ2v) is 7.14. The van der Waals surface area contributed by atoms with Gasteiger partial charge < -0.3 is 15.2 Å². The first-order valence-corrected chi connectivity index (χ1v) is 9.47. The maximum absolute atomic E-state index is 13.1. The number of carbonyl (C=O) groups excluding carboxylic acids is 2. The first-order valence-electron chi connectivity index (χ1n) is 9.47. The normalized spacial score (nSPS) is 16.4. The van der Waals surface area contributed by atoms with E-state index in [2.05, 4.69) is 10.3 Å². The fraction of sp³-hybridized carbons (Fsp3) is 0.227. The molecule has 2 aromatic carbocycles. The summed E-state index contributed by atoms with van der Waals surface area (Å²) in [5, 5.41) is 3.77. The number of amides is 2. The standard InChI is InChI=1S/C22H20FN3O3/c1-2-13-9-20(27)25-19-11-16(5-8-18(13)19)24-22(29)14-10-21(28)26(12-14)17-6-3-15(23)4-7-17/h3-9,11,14H,2,10,12H2,1H3,(H,24,29)(H,25,27). The molecule has 6 nitrogen and oxygen atoms in total. The summed E-state index contributed by atoms with van der Waals surface area (Å²) in [5.74, 6) is -1.33. The molecule has 0 radical (unpaired) electrons. The number of halogens is 1. The van der Waals surface area contributed by atoms with E-state index in [-0.39, 0.29) is 36.2 Å². The lowest BCUT2D eigenvalue weighted by atomic mass is 10.1. The van der Waals surface area contributed by atoms with E-state index in [0.717, 1.165) is 17.4 Å². The van der Waals surface area contributed by atoms with Crippen molar-refractivity contribution in [2.45, 2.75) is 19.8 Å². The average Bonchev–Trinajstić information content (AvgIpc) is 3.09. The minimum absolute atomic E-state index is 0.0909. The molecule has 7 heteroatoms. The fourth-order valence-electron chi connectivity index (χ4n) is 3.70. The molecule has 1 aliphatic rings. The van der Waals surface area contributed by atoms with E-state index in [9.17, 15) is 18.8 Å². The molecule has 0 aliphatic carbocycles. The van der Waals surface area contributed by atoms with Gasteiger partial charge in [-0.05, 0) is 48.4 Å². The Morgan fingerprint density at radius 1 is 1.17 bits per heavy atom. The van der Waals surface area contributed by atoms with Gasteiger partial charge in [-0.25, -0.2) is 4.39 Å². The summed E-state index contributed by atoms with van der Waals surface area (Å²) >= 11 is 0. The van der Waals surface area contributed by atoms with Crippen LogP contribution in [0.4, 0.5) is 15.8 Å². The lowest BCUT2D eigenvalue weighted by Gasteiger charge is -2.16. The van der Waals surface area contributed by atoms with E-state index in [1.807, 2.05) is 13.0 Å². The van der Waals surface area contributed by atoms with Crippen molar-refractivity contribution in [1.82, 2.24) is 4.98 Å². The van der Waals surface area contributed by atoms with E-state index >= 15 is 0 Å². The molecule has 4 rings (SSSR count). The first kappa shape index (κ1) is 18.9. The highest BCUT2D eigenvalue weighted by Gasteiger charge is 2.35. The minimum atomic E-state index is -0.510. The SMILES string of the molecule is CCc1cc(=O)[nH]c2cc(NC(=O)C3CC(=O)N(c4ccc(F)cc4)C3)ccc12. The average molecular weight is 393 g/mol. The molecule has 2 amide bonds. The smallest absolute Gasteiger partial charge is 0.248 e. The van der Waals surface area contributed by atoms with Gasteiger partial charge in [-0.3, -0.25) is 14.4 Å². The van der Waals surface area contributed by atoms with Gasteiger partial charge in [0.25, 0.3) is 0 Å². The molecular formula is C22H20FN3O3. The first-order chi connectivity index (χ1) is 13.9. The molecule has 0 bridgehead atoms. The van der Waals surface area contributed by atoms with Gasteiger partial charge >= 0.3 is 0 Å². The lowest BCUT2D eigenvalue weighted by molar-refractivity contribution is -0.122. The van der Waals surface area contributed by atoms with Crippen LogP contribution in [0.25, 0.3) is 10.9 Å². The van der Waals surface area contributed by atoms with Crippen molar-refractivity contribution < 1.29 is 14.0 Å². The van der Waals surface area contributed by atoms with Crippen molar-refractivity contribution in [3.8, 4) is 0 Å². The third kappa shape index (κ3) is 3.76. The predicted octanol–water partition coefficient (Wildman–Crippen LogP) is 3.22. The highest BCUT2D eigenvalue weighted by Crippen LogP contribution is 2.27. The van der Waals surface area contributed by atoms with Gasteiger partial charge in [0, 0.05) is 35.8 Å². The zero-order valence-electron chi connectivity index (χ0n) is 15.9. The van der Waals surface area contributed by atoms with Crippen LogP contribution in [0.1, 0.15) is 18.9 Å². The molecule has 1 aromatic heterocycles. The number of nitrogens with one attached hydrogen (secondary N) is 2. The van der Waals surface area contributed by atoms with E-state index in [1.165, 1.54) is 29.2 Å². The van der Waals surface area contributed by atoms with Crippen LogP contribution in [0.15, 0.2) is 53.3 Å². The summed E-state index contributed by atoms with van der Waals surface area (Å²) < 4.78 is 13.1. The van der Waals surface area contributed by atoms with Gasteiger partial charge in [0.15, 0.2) is 0 Å². The number of nitrogens with zero attached hydrogens (tertiary/aromatic N) is 1. The van der Waals surface area contributed by atoms with Crippen molar-refractivity contribution in [1.29, 1.82) is 0 Å². The van der Waals surface area contributed by atoms with Crippen molar-refractivity contribution in [3.05, 3.63) is 70.3 Å². The number of hydrogen-bond donors (Lipinski definition) is 2. The van der Waals surface area contributed by atoms with Crippen LogP contribution in [-0.4, -0.2) is 23.3 Å². The fourth-order valence-corrected chi connectivity index (χ4v) is 3.70. The molecule has 2 N–H and O–H groups in total. The summed E-state index contributed by atoms with van der Waals surface area (Å²) in [4.78, 5) is 41.1. The third-order valence-electron chi connectivity index (χ3n) is 5.21. The van der Waals surface area contributed by atoms with Gasteiger partial charge in [0.1, 0.15) is 5.82 Å². The topological polar surface area (TPSA) is 82.3 Å². The summed E-state index contributed by atoms with van der Waals surface area (Å²) in [7, 11) is 0. The molecule has 1 aliphatic heterocycles. The van der Waals surface area contributed by atoms with E-state index < -0.39 is 5.92 Å². The van der Waals surface area contributed by atoms with Gasteiger partial charge in [-0.1, -0.05) is 13.0 Å². The van der Waals surface area contributed by atoms with E-state index in [4.69, 9.17) is 0 Å². The monoisotopic (exact) mass is 393 g/mol. The second-order valence-electron chi connectivity index (χ2n) is 7.14. The Balaban J connectivity index is 1.51. The van der Waals surface area contributed by atoms with Crippen LogP contribution < -0.4 is 15.8 Å². The lowest BCUT2D eigenvalue weighted by Crippen LogP contribution is -2.28. The summed E-state index contributed by atoms with van der Waals surface area (Å²) in [6.45, 7) is 2.22. The van der Waals surface area contributed by atoms with Gasteiger partial charge in [-0.15, -0.1) is 0 Å². The third-order valence-corrected chi connectivity index (χ3v) is 5.21. The van der Waals surface area contributed by atoms with Crippen LogP contribution in [0.2, 0.25) is 0 Å². The highest BCUT2D eigenvalue weighted by molar-refractivity contribution is 6.04. The number of hydrogen-bond acceptors (Lipinski definition) is 3.